The van der Waals surface area contributed by atoms with E-state index in [2.05, 4.69) is 31.0 Å². The van der Waals surface area contributed by atoms with E-state index in [1.807, 2.05) is 24.0 Å². The zero-order valence-electron chi connectivity index (χ0n) is 14.0. The zero-order chi connectivity index (χ0) is 15.2. The molecule has 120 valence electrons. The third-order valence-corrected chi connectivity index (χ3v) is 5.22. The Bertz CT molecular complexity index is 326. The highest BCUT2D eigenvalue weighted by Gasteiger charge is 2.11. The summed E-state index contributed by atoms with van der Waals surface area (Å²) < 4.78 is 0. The van der Waals surface area contributed by atoms with Gasteiger partial charge in [-0.1, -0.05) is 77.7 Å². The van der Waals surface area contributed by atoms with Crippen molar-refractivity contribution >= 4 is 11.8 Å². The molecule has 0 amide bonds. The first-order chi connectivity index (χ1) is 10.4. The van der Waals surface area contributed by atoms with Gasteiger partial charge in [0.05, 0.1) is 5.03 Å². The predicted molar refractivity (Wildman–Crippen MR) is 96.0 cm³/mol. The summed E-state index contributed by atoms with van der Waals surface area (Å²) in [7, 11) is 0. The van der Waals surface area contributed by atoms with Crippen LogP contribution >= 0.6 is 11.8 Å². The van der Waals surface area contributed by atoms with Crippen LogP contribution in [0.2, 0.25) is 0 Å². The minimum atomic E-state index is 0.762. The first-order valence-corrected chi connectivity index (χ1v) is 9.82. The van der Waals surface area contributed by atoms with Crippen LogP contribution in [0.25, 0.3) is 0 Å². The van der Waals surface area contributed by atoms with Crippen LogP contribution in [0.4, 0.5) is 0 Å². The maximum Gasteiger partial charge on any atom is 0.0962 e. The average molecular weight is 308 g/mol. The number of pyridine rings is 1. The van der Waals surface area contributed by atoms with Crippen molar-refractivity contribution in [2.24, 2.45) is 0 Å². The fraction of sp³-hybridized carbons (Fsp3) is 0.737. The van der Waals surface area contributed by atoms with Crippen molar-refractivity contribution in [3.63, 3.8) is 0 Å². The number of aromatic nitrogens is 1. The molecule has 21 heavy (non-hydrogen) atoms. The van der Waals surface area contributed by atoms with Gasteiger partial charge in [-0.2, -0.15) is 0 Å². The first-order valence-electron chi connectivity index (χ1n) is 8.94. The van der Waals surface area contributed by atoms with Crippen LogP contribution in [-0.4, -0.2) is 10.2 Å². The Kier molecular flexibility index (Phi) is 11.6. The summed E-state index contributed by atoms with van der Waals surface area (Å²) in [5.74, 6) is 0. The Morgan fingerprint density at radius 3 is 2.05 bits per heavy atom. The normalized spacial score (nSPS) is 12.5. The molecule has 1 atom stereocenters. The fourth-order valence-corrected chi connectivity index (χ4v) is 3.81. The maximum absolute atomic E-state index is 4.48. The summed E-state index contributed by atoms with van der Waals surface area (Å²) in [5.41, 5.74) is 0. The highest BCUT2D eigenvalue weighted by atomic mass is 32.2. The molecule has 1 nitrogen and oxygen atoms in total. The minimum absolute atomic E-state index is 0.762. The number of thioether (sulfide) groups is 1. The number of nitrogens with zero attached hydrogens (tertiary/aromatic N) is 1. The van der Waals surface area contributed by atoms with Gasteiger partial charge in [-0.3, -0.25) is 0 Å². The number of hydrogen-bond acceptors (Lipinski definition) is 2. The smallest absolute Gasteiger partial charge is 0.0962 e. The molecular weight excluding hydrogens is 274 g/mol. The molecule has 0 bridgehead atoms. The molecule has 0 saturated carbocycles. The van der Waals surface area contributed by atoms with E-state index in [1.165, 1.54) is 75.7 Å². The Morgan fingerprint density at radius 2 is 1.48 bits per heavy atom. The number of unbranched alkanes of at least 4 members (excludes halogenated alkanes) is 7. The van der Waals surface area contributed by atoms with Gasteiger partial charge in [0.2, 0.25) is 0 Å². The lowest BCUT2D eigenvalue weighted by Crippen LogP contribution is -2.03. The van der Waals surface area contributed by atoms with Gasteiger partial charge in [-0.15, -0.1) is 11.8 Å². The molecule has 0 fully saturated rings. The van der Waals surface area contributed by atoms with Crippen LogP contribution in [0, 0.1) is 0 Å². The highest BCUT2D eigenvalue weighted by molar-refractivity contribution is 7.99. The summed E-state index contributed by atoms with van der Waals surface area (Å²) in [4.78, 5) is 4.48. The lowest BCUT2D eigenvalue weighted by molar-refractivity contribution is 0.556. The van der Waals surface area contributed by atoms with Gasteiger partial charge in [0.1, 0.15) is 0 Å². The molecule has 1 aromatic rings. The monoisotopic (exact) mass is 307 g/mol. The van der Waals surface area contributed by atoms with E-state index in [4.69, 9.17) is 0 Å². The third kappa shape index (κ3) is 9.95. The van der Waals surface area contributed by atoms with E-state index in [-0.39, 0.29) is 0 Å². The molecule has 0 aliphatic carbocycles. The van der Waals surface area contributed by atoms with Crippen LogP contribution < -0.4 is 0 Å². The van der Waals surface area contributed by atoms with E-state index >= 15 is 0 Å². The highest BCUT2D eigenvalue weighted by Crippen LogP contribution is 2.29. The summed E-state index contributed by atoms with van der Waals surface area (Å²) in [6.07, 6.45) is 17.1. The van der Waals surface area contributed by atoms with Crippen molar-refractivity contribution in [2.75, 3.05) is 0 Å². The second kappa shape index (κ2) is 13.2. The van der Waals surface area contributed by atoms with E-state index in [9.17, 15) is 0 Å². The van der Waals surface area contributed by atoms with Crippen molar-refractivity contribution in [3.8, 4) is 0 Å². The summed E-state index contributed by atoms with van der Waals surface area (Å²) in [6.45, 7) is 4.57. The Morgan fingerprint density at radius 1 is 0.857 bits per heavy atom. The lowest BCUT2D eigenvalue weighted by Gasteiger charge is -2.16. The molecule has 0 saturated heterocycles. The molecule has 1 aromatic heterocycles. The second-order valence-electron chi connectivity index (χ2n) is 5.96. The van der Waals surface area contributed by atoms with Gasteiger partial charge in [-0.25, -0.2) is 4.98 Å². The topological polar surface area (TPSA) is 12.9 Å². The van der Waals surface area contributed by atoms with Gasteiger partial charge in [-0.05, 0) is 25.0 Å². The van der Waals surface area contributed by atoms with Crippen LogP contribution in [0.15, 0.2) is 29.4 Å². The van der Waals surface area contributed by atoms with Crippen molar-refractivity contribution < 1.29 is 0 Å². The van der Waals surface area contributed by atoms with Crippen LogP contribution in [0.3, 0.4) is 0 Å². The molecule has 1 heterocycles. The predicted octanol–water partition coefficient (Wildman–Crippen LogP) is 6.87. The van der Waals surface area contributed by atoms with E-state index in [1.54, 1.807) is 0 Å². The van der Waals surface area contributed by atoms with Gasteiger partial charge in [0.25, 0.3) is 0 Å². The number of hydrogen-bond donors (Lipinski definition) is 0. The lowest BCUT2D eigenvalue weighted by atomic mass is 10.0. The van der Waals surface area contributed by atoms with Gasteiger partial charge in [0, 0.05) is 11.4 Å². The van der Waals surface area contributed by atoms with Crippen molar-refractivity contribution in [1.29, 1.82) is 0 Å². The SMILES string of the molecule is CCCCCCCC(CCCCCC)Sc1ccccn1. The largest absolute Gasteiger partial charge is 0.250 e. The second-order valence-corrected chi connectivity index (χ2v) is 7.28. The Hall–Kier alpha value is -0.500. The van der Waals surface area contributed by atoms with Crippen molar-refractivity contribution in [1.82, 2.24) is 4.98 Å². The third-order valence-electron chi connectivity index (χ3n) is 3.93. The molecule has 1 rings (SSSR count). The van der Waals surface area contributed by atoms with Gasteiger partial charge < -0.3 is 0 Å². The molecule has 0 aliphatic rings. The standard InChI is InChI=1S/C19H33NS/c1-3-5-7-9-11-15-18(14-10-8-6-4-2)21-19-16-12-13-17-20-19/h12-13,16-18H,3-11,14-15H2,1-2H3. The van der Waals surface area contributed by atoms with Gasteiger partial charge >= 0.3 is 0 Å². The first kappa shape index (κ1) is 18.5. The molecular formula is C19H33NS. The quantitative estimate of drug-likeness (QED) is 0.291. The minimum Gasteiger partial charge on any atom is -0.250 e. The molecule has 1 unspecified atom stereocenters. The molecule has 0 aromatic carbocycles. The Balaban J connectivity index is 2.30. The van der Waals surface area contributed by atoms with Crippen molar-refractivity contribution in [3.05, 3.63) is 24.4 Å². The maximum atomic E-state index is 4.48. The number of rotatable bonds is 13. The molecule has 0 spiro atoms. The van der Waals surface area contributed by atoms with E-state index in [0.29, 0.717) is 0 Å². The average Bonchev–Trinajstić information content (AvgIpc) is 2.52. The Labute approximate surface area is 136 Å². The zero-order valence-corrected chi connectivity index (χ0v) is 14.8. The summed E-state index contributed by atoms with van der Waals surface area (Å²) >= 11 is 2.00. The van der Waals surface area contributed by atoms with Crippen LogP contribution in [-0.2, 0) is 0 Å². The van der Waals surface area contributed by atoms with Crippen LogP contribution in [0.5, 0.6) is 0 Å². The molecule has 0 N–H and O–H groups in total. The fourth-order valence-electron chi connectivity index (χ4n) is 2.62. The van der Waals surface area contributed by atoms with E-state index in [0.717, 1.165) is 5.25 Å². The van der Waals surface area contributed by atoms with Crippen LogP contribution in [0.1, 0.15) is 84.5 Å². The molecule has 2 heteroatoms. The molecule has 0 radical (unpaired) electrons. The molecule has 0 aliphatic heterocycles. The summed E-state index contributed by atoms with van der Waals surface area (Å²) in [5, 5.41) is 1.96. The summed E-state index contributed by atoms with van der Waals surface area (Å²) in [6, 6.07) is 6.26. The van der Waals surface area contributed by atoms with E-state index < -0.39 is 0 Å². The van der Waals surface area contributed by atoms with Crippen molar-refractivity contribution in [2.45, 2.75) is 94.8 Å². The van der Waals surface area contributed by atoms with Gasteiger partial charge in [0.15, 0.2) is 0 Å².